The van der Waals surface area contributed by atoms with E-state index in [1.807, 2.05) is 30.3 Å². The van der Waals surface area contributed by atoms with Crippen LogP contribution >= 0.6 is 0 Å². The quantitative estimate of drug-likeness (QED) is 0.492. The van der Waals surface area contributed by atoms with Crippen LogP contribution in [0.3, 0.4) is 0 Å². The lowest BCUT2D eigenvalue weighted by Crippen LogP contribution is -1.87. The molecule has 2 heteroatoms. The summed E-state index contributed by atoms with van der Waals surface area (Å²) in [4.78, 5) is 0. The molecule has 0 saturated heterocycles. The van der Waals surface area contributed by atoms with Crippen LogP contribution in [0.25, 0.3) is 6.08 Å². The highest BCUT2D eigenvalue weighted by Gasteiger charge is 1.96. The van der Waals surface area contributed by atoms with Crippen molar-refractivity contribution in [3.63, 3.8) is 0 Å². The molecule has 0 saturated carbocycles. The summed E-state index contributed by atoms with van der Waals surface area (Å²) in [5, 5.41) is 0. The van der Waals surface area contributed by atoms with Gasteiger partial charge in [0.05, 0.1) is 6.26 Å². The topological polar surface area (TPSA) is 9.23 Å². The van der Waals surface area contributed by atoms with Crippen LogP contribution in [0.2, 0.25) is 0 Å². The fourth-order valence-electron chi connectivity index (χ4n) is 0.883. The van der Waals surface area contributed by atoms with Gasteiger partial charge in [0.2, 0.25) is 0 Å². The van der Waals surface area contributed by atoms with E-state index in [0.29, 0.717) is 0 Å². The Morgan fingerprint density at radius 1 is 1.20 bits per heavy atom. The Kier molecular flexibility index (Phi) is 1.92. The van der Waals surface area contributed by atoms with Gasteiger partial charge in [-0.1, -0.05) is 12.1 Å². The average molecular weight is 150 g/mol. The van der Waals surface area contributed by atoms with E-state index in [2.05, 4.69) is 0 Å². The van der Waals surface area contributed by atoms with Crippen LogP contribution in [0.4, 0.5) is 0 Å². The smallest absolute Gasteiger partial charge is 0.127 e. The Balaban J connectivity index is 0.000000500. The molecule has 0 spiro atoms. The molecule has 2 bridgehead atoms. The average Bonchev–Trinajstić information content (AvgIpc) is 1.88. The maximum absolute atomic E-state index is 5.10. The van der Waals surface area contributed by atoms with Crippen LogP contribution in [-0.2, 0) is 0 Å². The lowest BCUT2D eigenvalue weighted by Gasteiger charge is -2.05. The molecule has 0 radical (unpaired) electrons. The first-order valence-corrected chi connectivity index (χ1v) is 2.88. The van der Waals surface area contributed by atoms with Gasteiger partial charge in [-0.25, -0.2) is 0 Å². The van der Waals surface area contributed by atoms with Gasteiger partial charge in [-0.3, -0.25) is 0 Å². The van der Waals surface area contributed by atoms with Crippen molar-refractivity contribution in [2.24, 2.45) is 0 Å². The van der Waals surface area contributed by atoms with Gasteiger partial charge < -0.3 is 4.74 Å². The highest BCUT2D eigenvalue weighted by Crippen LogP contribution is 2.18. The summed E-state index contributed by atoms with van der Waals surface area (Å²) in [6.45, 7) is 0. The zero-order valence-corrected chi connectivity index (χ0v) is 4.87. The maximum atomic E-state index is 5.10. The normalized spacial score (nSPS) is 11.6. The number of hydrogen-bond acceptors (Lipinski definition) is 1. The lowest BCUT2D eigenvalue weighted by molar-refractivity contribution is 0.481. The van der Waals surface area contributed by atoms with Crippen molar-refractivity contribution in [1.29, 1.82) is 0 Å². The van der Waals surface area contributed by atoms with Crippen molar-refractivity contribution < 1.29 is 4.74 Å². The number of rotatable bonds is 0. The zero-order valence-electron chi connectivity index (χ0n) is 4.87. The summed E-state index contributed by atoms with van der Waals surface area (Å²) >= 11 is 0. The third kappa shape index (κ3) is 1.11. The molecule has 1 aromatic rings. The molecular weight excluding hydrogens is 140 g/mol. The van der Waals surface area contributed by atoms with Gasteiger partial charge in [-0.05, 0) is 34.7 Å². The molecule has 2 rings (SSSR count). The van der Waals surface area contributed by atoms with Gasteiger partial charge in [0.1, 0.15) is 5.75 Å². The monoisotopic (exact) mass is 150 g/mol. The van der Waals surface area contributed by atoms with Gasteiger partial charge in [0.25, 0.3) is 0 Å². The molecule has 1 aromatic carbocycles. The second-order valence-corrected chi connectivity index (χ2v) is 1.99. The maximum Gasteiger partial charge on any atom is 0.127 e. The summed E-state index contributed by atoms with van der Waals surface area (Å²) < 4.78 is 5.10. The molecule has 0 amide bonds. The Bertz CT molecular complexity index is 255. The van der Waals surface area contributed by atoms with Crippen molar-refractivity contribution in [3.05, 3.63) is 36.1 Å². The van der Waals surface area contributed by atoms with Gasteiger partial charge in [0, 0.05) is 0 Å². The highest BCUT2D eigenvalue weighted by atomic mass is 28.1. The molecule has 1 aliphatic rings. The van der Waals surface area contributed by atoms with Crippen molar-refractivity contribution in [1.82, 2.24) is 0 Å². The molecule has 0 unspecified atom stereocenters. The summed E-state index contributed by atoms with van der Waals surface area (Å²) in [5.74, 6) is 0.926. The number of hydrogen-bond donors (Lipinski definition) is 0. The minimum Gasteiger partial charge on any atom is -0.465 e. The molecule has 1 nitrogen and oxygen atoms in total. The van der Waals surface area contributed by atoms with Crippen molar-refractivity contribution in [2.75, 3.05) is 0 Å². The van der Waals surface area contributed by atoms with E-state index in [0.717, 1.165) is 5.75 Å². The first-order chi connectivity index (χ1) is 4.45. The Morgan fingerprint density at radius 3 is 2.80 bits per heavy atom. The van der Waals surface area contributed by atoms with Gasteiger partial charge >= 0.3 is 0 Å². The fraction of sp³-hybridized carbons (Fsp3) is 0. The molecule has 0 aromatic heterocycles. The molecule has 1 aliphatic heterocycles. The molecule has 10 heavy (non-hydrogen) atoms. The van der Waals surface area contributed by atoms with Gasteiger partial charge in [0.15, 0.2) is 0 Å². The summed E-state index contributed by atoms with van der Waals surface area (Å²) in [5.41, 5.74) is 1.21. The minimum atomic E-state index is 0. The summed E-state index contributed by atoms with van der Waals surface area (Å²) in [6, 6.07) is 7.96. The fourth-order valence-corrected chi connectivity index (χ4v) is 0.883. The van der Waals surface area contributed by atoms with E-state index in [1.165, 1.54) is 5.56 Å². The van der Waals surface area contributed by atoms with Crippen LogP contribution in [0, 0.1) is 0 Å². The second kappa shape index (κ2) is 2.71. The summed E-state index contributed by atoms with van der Waals surface area (Å²) in [7, 11) is 0. The van der Waals surface area contributed by atoms with E-state index < -0.39 is 0 Å². The van der Waals surface area contributed by atoms with Crippen LogP contribution in [0.1, 0.15) is 5.56 Å². The lowest BCUT2D eigenvalue weighted by atomic mass is 10.2. The summed E-state index contributed by atoms with van der Waals surface area (Å²) in [6.07, 6.45) is 3.64. The molecule has 52 valence electrons. The first kappa shape index (κ1) is 7.09. The van der Waals surface area contributed by atoms with E-state index in [9.17, 15) is 0 Å². The predicted molar refractivity (Wildman–Crippen MR) is 47.4 cm³/mol. The molecule has 0 N–H and O–H groups in total. The Hall–Kier alpha value is -1.02. The number of benzene rings is 1. The molecule has 0 fully saturated rings. The van der Waals surface area contributed by atoms with Crippen LogP contribution < -0.4 is 4.74 Å². The highest BCUT2D eigenvalue weighted by molar-refractivity contribution is 5.75. The van der Waals surface area contributed by atoms with E-state index >= 15 is 0 Å². The van der Waals surface area contributed by atoms with Crippen molar-refractivity contribution in [2.45, 2.75) is 0 Å². The van der Waals surface area contributed by atoms with E-state index in [4.69, 9.17) is 4.74 Å². The van der Waals surface area contributed by atoms with Gasteiger partial charge in [-0.15, -0.1) is 0 Å². The van der Waals surface area contributed by atoms with Crippen LogP contribution in [-0.4, -0.2) is 11.0 Å². The SMILES string of the molecule is C1=Cc2cccc(c2)O1.[SiH4]. The number of fused-ring (bicyclic) bond motifs is 2. The molecule has 0 aliphatic carbocycles. The zero-order chi connectivity index (χ0) is 6.10. The molecular formula is C8H10OSi. The third-order valence-corrected chi connectivity index (χ3v) is 1.32. The second-order valence-electron chi connectivity index (χ2n) is 1.99. The van der Waals surface area contributed by atoms with Crippen molar-refractivity contribution in [3.8, 4) is 5.75 Å². The van der Waals surface area contributed by atoms with E-state index in [-0.39, 0.29) is 11.0 Å². The molecule has 0 atom stereocenters. The van der Waals surface area contributed by atoms with Crippen LogP contribution in [0.5, 0.6) is 5.75 Å². The molecule has 1 heterocycles. The minimum absolute atomic E-state index is 0. The first-order valence-electron chi connectivity index (χ1n) is 2.88. The predicted octanol–water partition coefficient (Wildman–Crippen LogP) is 0.598. The van der Waals surface area contributed by atoms with Crippen molar-refractivity contribution >= 4 is 17.0 Å². The largest absolute Gasteiger partial charge is 0.465 e. The number of ether oxygens (including phenoxy) is 1. The van der Waals surface area contributed by atoms with E-state index in [1.54, 1.807) is 6.26 Å². The van der Waals surface area contributed by atoms with Crippen LogP contribution in [0.15, 0.2) is 30.5 Å². The Labute approximate surface area is 64.4 Å². The standard InChI is InChI=1S/C8H6O.H4Si/c1-2-7-4-5-9-8(3-1)6-7;/h1-6H;1H4. The third-order valence-electron chi connectivity index (χ3n) is 1.32. The Morgan fingerprint density at radius 2 is 2.10 bits per heavy atom. The van der Waals surface area contributed by atoms with Gasteiger partial charge in [-0.2, -0.15) is 0 Å².